The molecule has 2 unspecified atom stereocenters. The number of anilines is 1. The topological polar surface area (TPSA) is 98.5 Å². The van der Waals surface area contributed by atoms with E-state index in [0.717, 1.165) is 25.7 Å². The second-order valence-electron chi connectivity index (χ2n) is 11.9. The smallest absolute Gasteiger partial charge is 0.310 e. The van der Waals surface area contributed by atoms with Gasteiger partial charge < -0.3 is 10.1 Å². The second kappa shape index (κ2) is 10.5. The van der Waals surface area contributed by atoms with Crippen LogP contribution in [0.15, 0.2) is 39.8 Å². The van der Waals surface area contributed by atoms with Gasteiger partial charge in [0.05, 0.1) is 28.6 Å². The summed E-state index contributed by atoms with van der Waals surface area (Å²) in [6.07, 6.45) is 5.47. The predicted molar refractivity (Wildman–Crippen MR) is 156 cm³/mol. The standard InChI is InChI=1S/C30H36F3N5O3S/c1-4-5-7-19-14-24(19)37-42(40)12-10-29(31,11-13-42)23-15-21-26(34-17-35-27(21)38(3)28(23)39)36-18(2)20-8-6-9-22-25(20)41-16-30(22,32)33/h6,8-9,15,17-19,24H,4-5,7,10-14,16H2,1-3H3,(H,34,35,36)/t18-,19?,24?,29?,42?/m1/s1. The van der Waals surface area contributed by atoms with Gasteiger partial charge in [-0.1, -0.05) is 31.9 Å². The summed E-state index contributed by atoms with van der Waals surface area (Å²) in [6, 6.07) is 5.71. The molecular weight excluding hydrogens is 567 g/mol. The van der Waals surface area contributed by atoms with E-state index in [-0.39, 0.29) is 47.3 Å². The number of hydrogen-bond donors (Lipinski definition) is 1. The van der Waals surface area contributed by atoms with Crippen molar-refractivity contribution in [1.29, 1.82) is 0 Å². The summed E-state index contributed by atoms with van der Waals surface area (Å²) in [5.74, 6) is -1.90. The maximum atomic E-state index is 16.6. The molecule has 1 saturated carbocycles. The number of nitrogens with one attached hydrogen (secondary N) is 1. The number of halogens is 3. The molecule has 2 aromatic heterocycles. The normalized spacial score (nSPS) is 28.6. The Bertz CT molecular complexity index is 1700. The van der Waals surface area contributed by atoms with Crippen molar-refractivity contribution < 1.29 is 22.1 Å². The molecule has 0 spiro atoms. The van der Waals surface area contributed by atoms with E-state index < -0.39 is 39.5 Å². The Kier molecular flexibility index (Phi) is 7.26. The Balaban J connectivity index is 1.28. The van der Waals surface area contributed by atoms with Crippen LogP contribution in [0.25, 0.3) is 11.0 Å². The second-order valence-corrected chi connectivity index (χ2v) is 14.5. The van der Waals surface area contributed by atoms with Crippen LogP contribution < -0.4 is 15.6 Å². The van der Waals surface area contributed by atoms with Crippen LogP contribution in [0.3, 0.4) is 0 Å². The highest BCUT2D eigenvalue weighted by molar-refractivity contribution is 7.93. The molecule has 1 N–H and O–H groups in total. The van der Waals surface area contributed by atoms with Crippen molar-refractivity contribution in [3.63, 3.8) is 0 Å². The van der Waals surface area contributed by atoms with Gasteiger partial charge in [0.15, 0.2) is 6.61 Å². The van der Waals surface area contributed by atoms with Crippen LogP contribution in [0.4, 0.5) is 19.0 Å². The van der Waals surface area contributed by atoms with Gasteiger partial charge >= 0.3 is 5.92 Å². The lowest BCUT2D eigenvalue weighted by Gasteiger charge is -2.31. The van der Waals surface area contributed by atoms with Crippen molar-refractivity contribution >= 4 is 26.6 Å². The summed E-state index contributed by atoms with van der Waals surface area (Å²) in [7, 11) is -0.993. The lowest BCUT2D eigenvalue weighted by molar-refractivity contribution is -0.0214. The third-order valence-corrected chi connectivity index (χ3v) is 11.3. The average Bonchev–Trinajstić information content (AvgIpc) is 3.62. The molecule has 2 aliphatic heterocycles. The van der Waals surface area contributed by atoms with Crippen molar-refractivity contribution in [1.82, 2.24) is 14.5 Å². The van der Waals surface area contributed by atoms with Crippen LogP contribution >= 0.6 is 0 Å². The van der Waals surface area contributed by atoms with Crippen molar-refractivity contribution in [3.05, 3.63) is 57.6 Å². The highest BCUT2D eigenvalue weighted by Crippen LogP contribution is 2.46. The molecule has 1 aliphatic carbocycles. The Hall–Kier alpha value is -3.15. The van der Waals surface area contributed by atoms with Crippen LogP contribution in [0, 0.1) is 5.92 Å². The number of para-hydroxylation sites is 1. The van der Waals surface area contributed by atoms with E-state index in [1.165, 1.54) is 30.1 Å². The Morgan fingerprint density at radius 2 is 1.98 bits per heavy atom. The number of unbranched alkanes of at least 4 members (excludes halogenated alkanes) is 1. The Labute approximate surface area is 243 Å². The quantitative estimate of drug-likeness (QED) is 0.340. The first-order valence-electron chi connectivity index (χ1n) is 14.6. The lowest BCUT2D eigenvalue weighted by atomic mass is 9.90. The molecule has 12 heteroatoms. The number of rotatable bonds is 8. The SMILES string of the molecule is CCCCC1CC1N=S1(=O)CCC(F)(c2cc3c(N[C@H](C)c4cccc5c4OCC5(F)F)ncnc3n(C)c2=O)CC1. The number of aryl methyl sites for hydroxylation is 1. The number of ether oxygens (including phenoxy) is 1. The third-order valence-electron chi connectivity index (χ3n) is 8.92. The van der Waals surface area contributed by atoms with Gasteiger partial charge in [-0.25, -0.2) is 22.9 Å². The summed E-state index contributed by atoms with van der Waals surface area (Å²) in [6.45, 7) is 3.22. The van der Waals surface area contributed by atoms with Gasteiger partial charge in [-0.15, -0.1) is 0 Å². The summed E-state index contributed by atoms with van der Waals surface area (Å²) in [5.41, 5.74) is -1.83. The molecule has 0 radical (unpaired) electrons. The zero-order valence-corrected chi connectivity index (χ0v) is 24.9. The van der Waals surface area contributed by atoms with Crippen molar-refractivity contribution in [3.8, 4) is 5.75 Å². The molecule has 42 heavy (non-hydrogen) atoms. The minimum absolute atomic E-state index is 0.0275. The summed E-state index contributed by atoms with van der Waals surface area (Å²) < 4.78 is 69.9. The molecule has 3 aromatic rings. The van der Waals surface area contributed by atoms with Gasteiger partial charge in [0, 0.05) is 33.8 Å². The van der Waals surface area contributed by atoms with E-state index in [0.29, 0.717) is 28.3 Å². The summed E-state index contributed by atoms with van der Waals surface area (Å²) in [4.78, 5) is 22.0. The molecule has 6 rings (SSSR count). The molecule has 4 heterocycles. The minimum Gasteiger partial charge on any atom is -0.486 e. The molecule has 3 atom stereocenters. The molecule has 0 amide bonds. The molecule has 226 valence electrons. The molecule has 3 aliphatic rings. The fraction of sp³-hybridized carbons (Fsp3) is 0.567. The van der Waals surface area contributed by atoms with E-state index in [1.807, 2.05) is 0 Å². The highest BCUT2D eigenvalue weighted by Gasteiger charge is 2.44. The number of nitrogens with zero attached hydrogens (tertiary/aromatic N) is 4. The molecule has 1 aromatic carbocycles. The number of hydrogen-bond acceptors (Lipinski definition) is 7. The van der Waals surface area contributed by atoms with E-state index in [4.69, 9.17) is 4.74 Å². The molecular formula is C30H36F3N5O3S. The van der Waals surface area contributed by atoms with Crippen LogP contribution in [-0.2, 0) is 28.4 Å². The van der Waals surface area contributed by atoms with E-state index in [2.05, 4.69) is 26.6 Å². The predicted octanol–water partition coefficient (Wildman–Crippen LogP) is 5.99. The molecule has 0 bridgehead atoms. The third kappa shape index (κ3) is 5.16. The number of pyridine rings is 1. The van der Waals surface area contributed by atoms with E-state index in [1.54, 1.807) is 19.1 Å². The van der Waals surface area contributed by atoms with Crippen LogP contribution in [0.2, 0.25) is 0 Å². The molecule has 2 fully saturated rings. The highest BCUT2D eigenvalue weighted by atomic mass is 32.2. The zero-order valence-electron chi connectivity index (χ0n) is 24.0. The first kappa shape index (κ1) is 28.9. The zero-order chi connectivity index (χ0) is 29.9. The maximum absolute atomic E-state index is 16.6. The van der Waals surface area contributed by atoms with Gasteiger partial charge in [-0.2, -0.15) is 8.78 Å². The molecule has 8 nitrogen and oxygen atoms in total. The van der Waals surface area contributed by atoms with E-state index >= 15 is 4.39 Å². The number of aromatic nitrogens is 3. The first-order valence-corrected chi connectivity index (χ1v) is 16.5. The summed E-state index contributed by atoms with van der Waals surface area (Å²) >= 11 is 0. The van der Waals surface area contributed by atoms with Crippen molar-refractivity contribution in [2.75, 3.05) is 23.4 Å². The number of alkyl halides is 3. The number of fused-ring (bicyclic) bond motifs is 2. The van der Waals surface area contributed by atoms with Crippen LogP contribution in [0.5, 0.6) is 5.75 Å². The Morgan fingerprint density at radius 3 is 2.71 bits per heavy atom. The first-order chi connectivity index (χ1) is 19.9. The Morgan fingerprint density at radius 1 is 1.21 bits per heavy atom. The van der Waals surface area contributed by atoms with Gasteiger partial charge in [0.1, 0.15) is 29.2 Å². The van der Waals surface area contributed by atoms with E-state index in [9.17, 15) is 17.8 Å². The fourth-order valence-electron chi connectivity index (χ4n) is 6.20. The monoisotopic (exact) mass is 603 g/mol. The fourth-order valence-corrected chi connectivity index (χ4v) is 8.65. The average molecular weight is 604 g/mol. The van der Waals surface area contributed by atoms with Crippen molar-refractivity contribution in [2.45, 2.75) is 76.0 Å². The van der Waals surface area contributed by atoms with Gasteiger partial charge in [0.2, 0.25) is 0 Å². The van der Waals surface area contributed by atoms with Gasteiger partial charge in [-0.3, -0.25) is 9.36 Å². The van der Waals surface area contributed by atoms with Gasteiger partial charge in [0.25, 0.3) is 5.56 Å². The summed E-state index contributed by atoms with van der Waals surface area (Å²) in [5, 5.41) is 3.65. The van der Waals surface area contributed by atoms with Crippen LogP contribution in [-0.4, -0.2) is 42.9 Å². The minimum atomic E-state index is -3.07. The molecule has 1 saturated heterocycles. The maximum Gasteiger partial charge on any atom is 0.310 e. The lowest BCUT2D eigenvalue weighted by Crippen LogP contribution is -2.39. The number of benzene rings is 1. The van der Waals surface area contributed by atoms with Crippen LogP contribution in [0.1, 0.15) is 75.1 Å². The largest absolute Gasteiger partial charge is 0.486 e. The van der Waals surface area contributed by atoms with Gasteiger partial charge in [-0.05, 0) is 50.7 Å². The van der Waals surface area contributed by atoms with Crippen molar-refractivity contribution in [2.24, 2.45) is 17.3 Å².